The lowest BCUT2D eigenvalue weighted by Gasteiger charge is -2.20. The predicted molar refractivity (Wildman–Crippen MR) is 116 cm³/mol. The number of nitrogens with one attached hydrogen (secondary N) is 1. The first-order valence-electron chi connectivity index (χ1n) is 9.61. The maximum Gasteiger partial charge on any atom is 0.240 e. The van der Waals surface area contributed by atoms with E-state index in [9.17, 15) is 9.59 Å². The zero-order chi connectivity index (χ0) is 21.1. The Morgan fingerprint density at radius 3 is 2.52 bits per heavy atom. The van der Waals surface area contributed by atoms with Crippen LogP contribution in [0.1, 0.15) is 36.1 Å². The Morgan fingerprint density at radius 2 is 1.83 bits per heavy atom. The molecule has 1 aliphatic heterocycles. The van der Waals surface area contributed by atoms with Crippen LogP contribution in [0, 0.1) is 5.92 Å². The Hall–Kier alpha value is -2.08. The fourth-order valence-corrected chi connectivity index (χ4v) is 3.84. The van der Waals surface area contributed by atoms with E-state index in [2.05, 4.69) is 5.32 Å². The zero-order valence-electron chi connectivity index (χ0n) is 16.5. The van der Waals surface area contributed by atoms with Crippen molar-refractivity contribution in [2.24, 2.45) is 11.7 Å². The lowest BCUT2D eigenvalue weighted by molar-refractivity contribution is -0.133. The number of amides is 2. The topological polar surface area (TPSA) is 75.4 Å². The summed E-state index contributed by atoms with van der Waals surface area (Å²) >= 11 is 12.1. The van der Waals surface area contributed by atoms with E-state index in [1.165, 1.54) is 0 Å². The summed E-state index contributed by atoms with van der Waals surface area (Å²) in [5.41, 5.74) is 10.2. The van der Waals surface area contributed by atoms with E-state index in [-0.39, 0.29) is 17.7 Å². The maximum absolute atomic E-state index is 12.8. The third-order valence-corrected chi connectivity index (χ3v) is 5.65. The van der Waals surface area contributed by atoms with Crippen molar-refractivity contribution in [2.45, 2.75) is 45.9 Å². The van der Waals surface area contributed by atoms with Crippen molar-refractivity contribution < 1.29 is 9.59 Å². The number of rotatable bonds is 6. The second-order valence-electron chi connectivity index (χ2n) is 7.72. The molecule has 0 aliphatic carbocycles. The van der Waals surface area contributed by atoms with Crippen molar-refractivity contribution in [1.29, 1.82) is 0 Å². The van der Waals surface area contributed by atoms with Crippen molar-refractivity contribution in [3.63, 3.8) is 0 Å². The number of hydrogen-bond acceptors (Lipinski definition) is 3. The van der Waals surface area contributed by atoms with Crippen LogP contribution in [0.5, 0.6) is 0 Å². The summed E-state index contributed by atoms with van der Waals surface area (Å²) in [6.07, 6.45) is 0.355. The first-order valence-corrected chi connectivity index (χ1v) is 10.4. The first-order chi connectivity index (χ1) is 13.7. The van der Waals surface area contributed by atoms with E-state index in [0.29, 0.717) is 36.1 Å². The standard InChI is InChI=1S/C22H25Cl2N3O2/c1-13(2)21(28)26-10-14-3-4-16-11-27(12-17(16)7-14)22(29)20(25)8-15-5-6-18(23)9-19(15)24/h3-7,9,13,20H,8,10-12,25H2,1-2H3,(H,26,28)/t20-/m1/s1. The summed E-state index contributed by atoms with van der Waals surface area (Å²) in [6, 6.07) is 10.6. The van der Waals surface area contributed by atoms with Gasteiger partial charge in [0.05, 0.1) is 6.04 Å². The highest BCUT2D eigenvalue weighted by Crippen LogP contribution is 2.26. The molecule has 1 heterocycles. The highest BCUT2D eigenvalue weighted by Gasteiger charge is 2.27. The molecule has 0 aromatic heterocycles. The molecule has 2 amide bonds. The summed E-state index contributed by atoms with van der Waals surface area (Å²) in [5, 5.41) is 3.98. The monoisotopic (exact) mass is 433 g/mol. The normalized spacial score (nSPS) is 14.1. The average molecular weight is 434 g/mol. The number of carbonyl (C=O) groups is 2. The molecule has 1 atom stereocenters. The smallest absolute Gasteiger partial charge is 0.240 e. The van der Waals surface area contributed by atoms with Crippen LogP contribution in [-0.4, -0.2) is 22.8 Å². The zero-order valence-corrected chi connectivity index (χ0v) is 18.1. The van der Waals surface area contributed by atoms with Gasteiger partial charge >= 0.3 is 0 Å². The Labute approximate surface area is 181 Å². The van der Waals surface area contributed by atoms with Crippen molar-refractivity contribution in [2.75, 3.05) is 0 Å². The summed E-state index contributed by atoms with van der Waals surface area (Å²) < 4.78 is 0. The van der Waals surface area contributed by atoms with Crippen molar-refractivity contribution in [3.05, 3.63) is 68.7 Å². The molecule has 7 heteroatoms. The number of fused-ring (bicyclic) bond motifs is 1. The van der Waals surface area contributed by atoms with Crippen LogP contribution >= 0.6 is 23.2 Å². The fourth-order valence-electron chi connectivity index (χ4n) is 3.35. The van der Waals surface area contributed by atoms with Crippen molar-refractivity contribution in [1.82, 2.24) is 10.2 Å². The van der Waals surface area contributed by atoms with Gasteiger partial charge in [0.25, 0.3) is 0 Å². The van der Waals surface area contributed by atoms with E-state index in [0.717, 1.165) is 22.3 Å². The number of nitrogens with zero attached hydrogens (tertiary/aromatic N) is 1. The van der Waals surface area contributed by atoms with Crippen LogP contribution in [-0.2, 0) is 35.6 Å². The summed E-state index contributed by atoms with van der Waals surface area (Å²) in [5.74, 6) is -0.135. The summed E-state index contributed by atoms with van der Waals surface area (Å²) in [4.78, 5) is 26.4. The third-order valence-electron chi connectivity index (χ3n) is 5.07. The summed E-state index contributed by atoms with van der Waals surface area (Å²) in [7, 11) is 0. The number of benzene rings is 2. The van der Waals surface area contributed by atoms with Gasteiger partial charge in [-0.3, -0.25) is 9.59 Å². The molecular weight excluding hydrogens is 409 g/mol. The highest BCUT2D eigenvalue weighted by molar-refractivity contribution is 6.35. The molecule has 0 unspecified atom stereocenters. The molecule has 5 nitrogen and oxygen atoms in total. The minimum atomic E-state index is -0.673. The van der Waals surface area contributed by atoms with Gasteiger partial charge in [-0.05, 0) is 40.8 Å². The minimum absolute atomic E-state index is 0.0223. The molecule has 0 radical (unpaired) electrons. The van der Waals surface area contributed by atoms with Crippen LogP contribution in [0.3, 0.4) is 0 Å². The van der Waals surface area contributed by atoms with Crippen molar-refractivity contribution in [3.8, 4) is 0 Å². The number of nitrogens with two attached hydrogens (primary N) is 1. The van der Waals surface area contributed by atoms with E-state index in [4.69, 9.17) is 28.9 Å². The lowest BCUT2D eigenvalue weighted by Crippen LogP contribution is -2.42. The van der Waals surface area contributed by atoms with E-state index >= 15 is 0 Å². The van der Waals surface area contributed by atoms with Crippen LogP contribution in [0.2, 0.25) is 10.0 Å². The van der Waals surface area contributed by atoms with Crippen molar-refractivity contribution >= 4 is 35.0 Å². The molecule has 154 valence electrons. The quantitative estimate of drug-likeness (QED) is 0.729. The maximum atomic E-state index is 12.8. The number of halogens is 2. The van der Waals surface area contributed by atoms with E-state index in [1.54, 1.807) is 23.1 Å². The van der Waals surface area contributed by atoms with Gasteiger partial charge in [0, 0.05) is 35.6 Å². The first kappa shape index (κ1) is 21.6. The van der Waals surface area contributed by atoms with Gasteiger partial charge in [-0.1, -0.05) is 61.3 Å². The molecule has 2 aromatic rings. The van der Waals surface area contributed by atoms with Crippen LogP contribution in [0.25, 0.3) is 0 Å². The molecule has 1 aliphatic rings. The minimum Gasteiger partial charge on any atom is -0.352 e. The fraction of sp³-hybridized carbons (Fsp3) is 0.364. The Bertz CT molecular complexity index is 930. The van der Waals surface area contributed by atoms with Gasteiger partial charge in [-0.2, -0.15) is 0 Å². The van der Waals surface area contributed by atoms with Crippen LogP contribution < -0.4 is 11.1 Å². The molecule has 0 spiro atoms. The molecule has 3 rings (SSSR count). The van der Waals surface area contributed by atoms with Gasteiger partial charge in [0.1, 0.15) is 0 Å². The third kappa shape index (κ3) is 5.30. The average Bonchev–Trinajstić information content (AvgIpc) is 3.10. The van der Waals surface area contributed by atoms with E-state index < -0.39 is 6.04 Å². The molecule has 0 saturated heterocycles. The Balaban J connectivity index is 1.61. The van der Waals surface area contributed by atoms with Crippen LogP contribution in [0.15, 0.2) is 36.4 Å². The van der Waals surface area contributed by atoms with Gasteiger partial charge in [-0.25, -0.2) is 0 Å². The number of hydrogen-bond donors (Lipinski definition) is 2. The molecule has 0 bridgehead atoms. The van der Waals surface area contributed by atoms with Gasteiger partial charge in [-0.15, -0.1) is 0 Å². The van der Waals surface area contributed by atoms with E-state index in [1.807, 2.05) is 32.0 Å². The molecule has 0 fully saturated rings. The second-order valence-corrected chi connectivity index (χ2v) is 8.56. The molecular formula is C22H25Cl2N3O2. The lowest BCUT2D eigenvalue weighted by atomic mass is 10.1. The SMILES string of the molecule is CC(C)C(=O)NCc1ccc2c(c1)CN(C(=O)[C@H](N)Cc1ccc(Cl)cc1Cl)C2. The Kier molecular flexibility index (Phi) is 6.83. The van der Waals surface area contributed by atoms with Gasteiger partial charge in [0.15, 0.2) is 0 Å². The highest BCUT2D eigenvalue weighted by atomic mass is 35.5. The molecule has 29 heavy (non-hydrogen) atoms. The molecule has 3 N–H and O–H groups in total. The molecule has 2 aromatic carbocycles. The molecule has 0 saturated carbocycles. The van der Waals surface area contributed by atoms with Gasteiger partial charge in [0.2, 0.25) is 11.8 Å². The largest absolute Gasteiger partial charge is 0.352 e. The Morgan fingerprint density at radius 1 is 1.10 bits per heavy atom. The number of carbonyl (C=O) groups excluding carboxylic acids is 2. The second kappa shape index (κ2) is 9.16. The predicted octanol–water partition coefficient (Wildman–Crippen LogP) is 3.68. The van der Waals surface area contributed by atoms with Gasteiger partial charge < -0.3 is 16.0 Å². The summed E-state index contributed by atoms with van der Waals surface area (Å²) in [6.45, 7) is 5.26. The van der Waals surface area contributed by atoms with Crippen LogP contribution in [0.4, 0.5) is 0 Å².